The van der Waals surface area contributed by atoms with Gasteiger partial charge in [-0.25, -0.2) is 4.39 Å². The van der Waals surface area contributed by atoms with Gasteiger partial charge in [-0.15, -0.1) is 0 Å². The molecular weight excluding hydrogens is 283 g/mol. The summed E-state index contributed by atoms with van der Waals surface area (Å²) in [6.45, 7) is 3.87. The number of nitrogens with zero attached hydrogens (tertiary/aromatic N) is 1. The Morgan fingerprint density at radius 2 is 2.05 bits per heavy atom. The summed E-state index contributed by atoms with van der Waals surface area (Å²) in [5.74, 6) is -0.766. The molecule has 4 nitrogen and oxygen atoms in total. The zero-order chi connectivity index (χ0) is 15.9. The summed E-state index contributed by atoms with van der Waals surface area (Å²) >= 11 is 0. The fourth-order valence-corrected chi connectivity index (χ4v) is 1.93. The largest absolute Gasteiger partial charge is 0.391 e. The first-order valence-corrected chi connectivity index (χ1v) is 6.83. The average molecular weight is 300 g/mol. The third kappa shape index (κ3) is 4.41. The van der Waals surface area contributed by atoms with Crippen molar-refractivity contribution in [1.82, 2.24) is 0 Å². The van der Waals surface area contributed by atoms with Crippen LogP contribution in [0.3, 0.4) is 0 Å². The molecule has 0 unspecified atom stereocenters. The molecule has 0 bridgehead atoms. The summed E-state index contributed by atoms with van der Waals surface area (Å²) in [6.07, 6.45) is 1.03. The van der Waals surface area contributed by atoms with Crippen molar-refractivity contribution in [2.45, 2.75) is 20.5 Å². The molecule has 0 spiro atoms. The molecule has 0 aromatic heterocycles. The third-order valence-corrected chi connectivity index (χ3v) is 3.06. The van der Waals surface area contributed by atoms with Gasteiger partial charge in [-0.3, -0.25) is 4.79 Å². The summed E-state index contributed by atoms with van der Waals surface area (Å²) in [5, 5.41) is 6.25. The van der Waals surface area contributed by atoms with E-state index >= 15 is 0 Å². The van der Waals surface area contributed by atoms with E-state index in [1.54, 1.807) is 18.2 Å². The highest BCUT2D eigenvalue weighted by Crippen LogP contribution is 2.15. The number of amides is 1. The van der Waals surface area contributed by atoms with E-state index in [1.807, 2.05) is 32.0 Å². The fraction of sp³-hybridized carbons (Fsp3) is 0.176. The van der Waals surface area contributed by atoms with E-state index in [1.165, 1.54) is 6.07 Å². The number of halogens is 1. The molecule has 2 rings (SSSR count). The number of rotatable bonds is 5. The van der Waals surface area contributed by atoms with Gasteiger partial charge < -0.3 is 10.2 Å². The summed E-state index contributed by atoms with van der Waals surface area (Å²) in [5.41, 5.74) is 3.19. The van der Waals surface area contributed by atoms with Crippen LogP contribution in [0, 0.1) is 19.7 Å². The summed E-state index contributed by atoms with van der Waals surface area (Å²) < 4.78 is 13.3. The number of hydrogen-bond acceptors (Lipinski definition) is 3. The number of aryl methyl sites for hydroxylation is 2. The highest BCUT2D eigenvalue weighted by Gasteiger charge is 2.03. The lowest BCUT2D eigenvalue weighted by Crippen LogP contribution is -2.13. The molecule has 114 valence electrons. The second-order valence-electron chi connectivity index (χ2n) is 4.91. The first kappa shape index (κ1) is 15.7. The van der Waals surface area contributed by atoms with Crippen molar-refractivity contribution in [2.24, 2.45) is 5.16 Å². The Morgan fingerprint density at radius 1 is 1.27 bits per heavy atom. The normalized spacial score (nSPS) is 10.7. The molecule has 1 N–H and O–H groups in total. The first-order chi connectivity index (χ1) is 10.6. The highest BCUT2D eigenvalue weighted by molar-refractivity contribution is 6.31. The molecule has 0 fully saturated rings. The zero-order valence-electron chi connectivity index (χ0n) is 12.5. The maximum Gasteiger partial charge on any atom is 0.270 e. The fourth-order valence-electron chi connectivity index (χ4n) is 1.93. The van der Waals surface area contributed by atoms with Gasteiger partial charge in [0.15, 0.2) is 0 Å². The molecule has 0 aliphatic rings. The Labute approximate surface area is 128 Å². The Hall–Kier alpha value is -2.69. The molecule has 5 heteroatoms. The minimum Gasteiger partial charge on any atom is -0.391 e. The maximum atomic E-state index is 13.3. The molecule has 0 saturated heterocycles. The van der Waals surface area contributed by atoms with Crippen LogP contribution in [-0.2, 0) is 16.2 Å². The van der Waals surface area contributed by atoms with Gasteiger partial charge in [0.1, 0.15) is 18.6 Å². The van der Waals surface area contributed by atoms with Gasteiger partial charge in [0.25, 0.3) is 5.91 Å². The van der Waals surface area contributed by atoms with E-state index in [2.05, 4.69) is 10.5 Å². The SMILES string of the molecule is Cc1ccc(NC(=O)/C=N\OCc2ccccc2F)c(C)c1. The number of carbonyl (C=O) groups is 1. The van der Waals surface area contributed by atoms with Crippen LogP contribution >= 0.6 is 0 Å². The van der Waals surface area contributed by atoms with Crippen molar-refractivity contribution < 1.29 is 14.0 Å². The van der Waals surface area contributed by atoms with Gasteiger partial charge in [0, 0.05) is 11.3 Å². The summed E-state index contributed by atoms with van der Waals surface area (Å²) in [7, 11) is 0. The van der Waals surface area contributed by atoms with E-state index < -0.39 is 5.91 Å². The average Bonchev–Trinajstić information content (AvgIpc) is 2.48. The van der Waals surface area contributed by atoms with Crippen LogP contribution in [0.2, 0.25) is 0 Å². The van der Waals surface area contributed by atoms with Crippen molar-refractivity contribution in [2.75, 3.05) is 5.32 Å². The molecule has 1 amide bonds. The van der Waals surface area contributed by atoms with Gasteiger partial charge >= 0.3 is 0 Å². The lowest BCUT2D eigenvalue weighted by molar-refractivity contribution is -0.110. The van der Waals surface area contributed by atoms with Gasteiger partial charge in [-0.1, -0.05) is 41.1 Å². The molecule has 22 heavy (non-hydrogen) atoms. The smallest absolute Gasteiger partial charge is 0.270 e. The predicted octanol–water partition coefficient (Wildman–Crippen LogP) is 3.58. The zero-order valence-corrected chi connectivity index (χ0v) is 12.5. The van der Waals surface area contributed by atoms with Crippen LogP contribution in [0.15, 0.2) is 47.6 Å². The van der Waals surface area contributed by atoms with Crippen LogP contribution in [-0.4, -0.2) is 12.1 Å². The molecule has 0 aliphatic carbocycles. The Morgan fingerprint density at radius 3 is 2.77 bits per heavy atom. The summed E-state index contributed by atoms with van der Waals surface area (Å²) in [6, 6.07) is 12.0. The molecular formula is C17H17FN2O2. The molecule has 2 aromatic carbocycles. The molecule has 0 saturated carbocycles. The van der Waals surface area contributed by atoms with Crippen molar-refractivity contribution in [3.63, 3.8) is 0 Å². The number of anilines is 1. The molecule has 0 atom stereocenters. The van der Waals surface area contributed by atoms with E-state index in [4.69, 9.17) is 4.84 Å². The minimum atomic E-state index is -0.402. The number of oxime groups is 1. The van der Waals surface area contributed by atoms with Crippen molar-refractivity contribution in [1.29, 1.82) is 0 Å². The second kappa shape index (κ2) is 7.36. The van der Waals surface area contributed by atoms with Crippen LogP contribution in [0.4, 0.5) is 10.1 Å². The Bertz CT molecular complexity index is 699. The van der Waals surface area contributed by atoms with Gasteiger partial charge in [-0.05, 0) is 31.5 Å². The van der Waals surface area contributed by atoms with E-state index in [0.29, 0.717) is 5.56 Å². The monoisotopic (exact) mass is 300 g/mol. The number of hydrogen-bond donors (Lipinski definition) is 1. The lowest BCUT2D eigenvalue weighted by atomic mass is 10.1. The van der Waals surface area contributed by atoms with Crippen molar-refractivity contribution >= 4 is 17.8 Å². The van der Waals surface area contributed by atoms with Crippen molar-refractivity contribution in [3.05, 3.63) is 65.0 Å². The standard InChI is InChI=1S/C17H17FN2O2/c1-12-7-8-16(13(2)9-12)20-17(21)10-19-22-11-14-5-3-4-6-15(14)18/h3-10H,11H2,1-2H3,(H,20,21)/b19-10-. The van der Waals surface area contributed by atoms with Gasteiger partial charge in [0.2, 0.25) is 0 Å². The van der Waals surface area contributed by atoms with Crippen LogP contribution in [0.25, 0.3) is 0 Å². The predicted molar refractivity (Wildman–Crippen MR) is 84.2 cm³/mol. The van der Waals surface area contributed by atoms with Crippen LogP contribution in [0.1, 0.15) is 16.7 Å². The van der Waals surface area contributed by atoms with Crippen LogP contribution < -0.4 is 5.32 Å². The van der Waals surface area contributed by atoms with Crippen molar-refractivity contribution in [3.8, 4) is 0 Å². The van der Waals surface area contributed by atoms with E-state index in [9.17, 15) is 9.18 Å². The minimum absolute atomic E-state index is 0.0278. The molecule has 0 radical (unpaired) electrons. The Kier molecular flexibility index (Phi) is 5.25. The molecule has 0 aliphatic heterocycles. The highest BCUT2D eigenvalue weighted by atomic mass is 19.1. The molecule has 2 aromatic rings. The van der Waals surface area contributed by atoms with Crippen LogP contribution in [0.5, 0.6) is 0 Å². The summed E-state index contributed by atoms with van der Waals surface area (Å²) in [4.78, 5) is 16.6. The topological polar surface area (TPSA) is 50.7 Å². The number of carbonyl (C=O) groups excluding carboxylic acids is 1. The quantitative estimate of drug-likeness (QED) is 0.677. The number of benzene rings is 2. The van der Waals surface area contributed by atoms with E-state index in [0.717, 1.165) is 23.0 Å². The second-order valence-corrected chi connectivity index (χ2v) is 4.91. The van der Waals surface area contributed by atoms with E-state index in [-0.39, 0.29) is 12.4 Å². The number of nitrogens with one attached hydrogen (secondary N) is 1. The van der Waals surface area contributed by atoms with Gasteiger partial charge in [0.05, 0.1) is 0 Å². The maximum absolute atomic E-state index is 13.3. The lowest BCUT2D eigenvalue weighted by Gasteiger charge is -2.06. The molecule has 0 heterocycles. The van der Waals surface area contributed by atoms with Gasteiger partial charge in [-0.2, -0.15) is 0 Å². The first-order valence-electron chi connectivity index (χ1n) is 6.83. The third-order valence-electron chi connectivity index (χ3n) is 3.06. The Balaban J connectivity index is 1.85.